The second-order valence-electron chi connectivity index (χ2n) is 3.21. The Morgan fingerprint density at radius 2 is 2.67 bits per heavy atom. The Hall–Kier alpha value is -1.21. The van der Waals surface area contributed by atoms with E-state index >= 15 is 0 Å². The molecule has 1 saturated heterocycles. The number of amides is 2. The molecule has 0 aromatic carbocycles. The highest BCUT2D eigenvalue weighted by molar-refractivity contribution is 7.13. The van der Waals surface area contributed by atoms with Gasteiger partial charge in [0.2, 0.25) is 5.13 Å². The van der Waals surface area contributed by atoms with Crippen molar-refractivity contribution in [3.8, 4) is 0 Å². The molecule has 2 amide bonds. The van der Waals surface area contributed by atoms with Gasteiger partial charge >= 0.3 is 6.03 Å². The molecule has 1 fully saturated rings. The van der Waals surface area contributed by atoms with Crippen LogP contribution in [0.25, 0.3) is 0 Å². The monoisotopic (exact) mass is 228 g/mol. The van der Waals surface area contributed by atoms with Gasteiger partial charge in [-0.15, -0.1) is 10.2 Å². The van der Waals surface area contributed by atoms with E-state index in [4.69, 9.17) is 4.74 Å². The maximum absolute atomic E-state index is 11.3. The summed E-state index contributed by atoms with van der Waals surface area (Å²) in [5.74, 6) is 0. The van der Waals surface area contributed by atoms with Crippen molar-refractivity contribution in [2.75, 3.05) is 18.5 Å². The number of carbonyl (C=O) groups excluding carboxylic acids is 1. The first kappa shape index (κ1) is 10.3. The largest absolute Gasteiger partial charge is 0.376 e. The Kier molecular flexibility index (Phi) is 3.46. The first-order valence-corrected chi connectivity index (χ1v) is 5.65. The number of urea groups is 1. The molecule has 2 rings (SSSR count). The van der Waals surface area contributed by atoms with E-state index in [2.05, 4.69) is 20.8 Å². The van der Waals surface area contributed by atoms with Crippen molar-refractivity contribution >= 4 is 22.5 Å². The van der Waals surface area contributed by atoms with Crippen LogP contribution in [-0.4, -0.2) is 35.5 Å². The molecular weight excluding hydrogens is 216 g/mol. The summed E-state index contributed by atoms with van der Waals surface area (Å²) >= 11 is 1.28. The summed E-state index contributed by atoms with van der Waals surface area (Å²) < 4.78 is 5.37. The van der Waals surface area contributed by atoms with E-state index in [1.165, 1.54) is 11.3 Å². The summed E-state index contributed by atoms with van der Waals surface area (Å²) in [6.07, 6.45) is 2.24. The van der Waals surface area contributed by atoms with Gasteiger partial charge in [-0.25, -0.2) is 4.79 Å². The molecule has 82 valence electrons. The van der Waals surface area contributed by atoms with Gasteiger partial charge in [0.15, 0.2) is 0 Å². The molecule has 2 heterocycles. The zero-order chi connectivity index (χ0) is 10.5. The van der Waals surface area contributed by atoms with Crippen molar-refractivity contribution in [2.45, 2.75) is 18.9 Å². The number of ether oxygens (including phenoxy) is 1. The van der Waals surface area contributed by atoms with Crippen LogP contribution in [0.3, 0.4) is 0 Å². The Balaban J connectivity index is 1.68. The average molecular weight is 228 g/mol. The minimum Gasteiger partial charge on any atom is -0.376 e. The van der Waals surface area contributed by atoms with Crippen molar-refractivity contribution in [1.29, 1.82) is 0 Å². The lowest BCUT2D eigenvalue weighted by molar-refractivity contribution is 0.112. The first-order valence-electron chi connectivity index (χ1n) is 4.77. The summed E-state index contributed by atoms with van der Waals surface area (Å²) in [4.78, 5) is 11.3. The molecule has 0 radical (unpaired) electrons. The maximum Gasteiger partial charge on any atom is 0.321 e. The predicted octanol–water partition coefficient (Wildman–Crippen LogP) is 0.839. The average Bonchev–Trinajstić information content (AvgIpc) is 2.86. The Labute approximate surface area is 91.0 Å². The van der Waals surface area contributed by atoms with Crippen molar-refractivity contribution < 1.29 is 9.53 Å². The van der Waals surface area contributed by atoms with Crippen molar-refractivity contribution in [3.05, 3.63) is 5.51 Å². The van der Waals surface area contributed by atoms with E-state index in [9.17, 15) is 4.79 Å². The van der Waals surface area contributed by atoms with Gasteiger partial charge in [-0.05, 0) is 12.8 Å². The first-order chi connectivity index (χ1) is 7.34. The fraction of sp³-hybridized carbons (Fsp3) is 0.625. The molecule has 0 bridgehead atoms. The number of aromatic nitrogens is 2. The van der Waals surface area contributed by atoms with Crippen LogP contribution in [0.2, 0.25) is 0 Å². The highest BCUT2D eigenvalue weighted by Crippen LogP contribution is 2.11. The molecule has 0 aliphatic carbocycles. The summed E-state index contributed by atoms with van der Waals surface area (Å²) in [7, 11) is 0. The van der Waals surface area contributed by atoms with E-state index in [0.29, 0.717) is 11.7 Å². The second-order valence-corrected chi connectivity index (χ2v) is 4.05. The van der Waals surface area contributed by atoms with E-state index in [-0.39, 0.29) is 12.1 Å². The molecule has 7 heteroatoms. The number of hydrogen-bond acceptors (Lipinski definition) is 5. The quantitative estimate of drug-likeness (QED) is 0.803. The molecule has 0 spiro atoms. The lowest BCUT2D eigenvalue weighted by atomic mass is 10.2. The zero-order valence-corrected chi connectivity index (χ0v) is 8.92. The smallest absolute Gasteiger partial charge is 0.321 e. The van der Waals surface area contributed by atoms with E-state index in [1.807, 2.05) is 0 Å². The molecule has 1 aromatic rings. The zero-order valence-electron chi connectivity index (χ0n) is 8.10. The highest BCUT2D eigenvalue weighted by atomic mass is 32.1. The van der Waals surface area contributed by atoms with E-state index < -0.39 is 0 Å². The lowest BCUT2D eigenvalue weighted by Crippen LogP contribution is -2.34. The van der Waals surface area contributed by atoms with Crippen LogP contribution in [0.1, 0.15) is 12.8 Å². The number of nitrogens with one attached hydrogen (secondary N) is 2. The Morgan fingerprint density at radius 1 is 1.73 bits per heavy atom. The van der Waals surface area contributed by atoms with Gasteiger partial charge in [0.05, 0.1) is 6.10 Å². The molecule has 6 nitrogen and oxygen atoms in total. The molecule has 1 atom stereocenters. The lowest BCUT2D eigenvalue weighted by Gasteiger charge is -2.10. The third-order valence-corrected chi connectivity index (χ3v) is 2.70. The molecule has 0 saturated carbocycles. The SMILES string of the molecule is O=C(NCC1CCCO1)Nc1nncs1. The van der Waals surface area contributed by atoms with Crippen molar-refractivity contribution in [2.24, 2.45) is 0 Å². The van der Waals surface area contributed by atoms with E-state index in [0.717, 1.165) is 19.4 Å². The minimum atomic E-state index is -0.262. The van der Waals surface area contributed by atoms with Crippen LogP contribution in [0.5, 0.6) is 0 Å². The highest BCUT2D eigenvalue weighted by Gasteiger charge is 2.16. The predicted molar refractivity (Wildman–Crippen MR) is 55.9 cm³/mol. The third kappa shape index (κ3) is 3.14. The molecule has 1 unspecified atom stereocenters. The van der Waals surface area contributed by atoms with Gasteiger partial charge in [0.25, 0.3) is 0 Å². The number of nitrogens with zero attached hydrogens (tertiary/aromatic N) is 2. The van der Waals surface area contributed by atoms with Crippen LogP contribution in [0.15, 0.2) is 5.51 Å². The van der Waals surface area contributed by atoms with Crippen molar-refractivity contribution in [1.82, 2.24) is 15.5 Å². The molecule has 1 aromatic heterocycles. The molecule has 2 N–H and O–H groups in total. The molecule has 1 aliphatic rings. The van der Waals surface area contributed by atoms with Gasteiger partial charge < -0.3 is 10.1 Å². The summed E-state index contributed by atoms with van der Waals surface area (Å²) in [5, 5.41) is 13.1. The number of hydrogen-bond donors (Lipinski definition) is 2. The van der Waals surface area contributed by atoms with Crippen LogP contribution in [0.4, 0.5) is 9.93 Å². The number of rotatable bonds is 3. The van der Waals surface area contributed by atoms with Crippen LogP contribution in [0, 0.1) is 0 Å². The van der Waals surface area contributed by atoms with Gasteiger partial charge in [-0.3, -0.25) is 5.32 Å². The summed E-state index contributed by atoms with van der Waals surface area (Å²) in [5.41, 5.74) is 1.57. The number of anilines is 1. The molecule has 1 aliphatic heterocycles. The Morgan fingerprint density at radius 3 is 3.33 bits per heavy atom. The standard InChI is InChI=1S/C8H12N4O2S/c13-7(11-8-12-10-5-15-8)9-4-6-2-1-3-14-6/h5-6H,1-4H2,(H2,9,11,12,13). The maximum atomic E-state index is 11.3. The van der Waals surface area contributed by atoms with Gasteiger partial charge in [-0.1, -0.05) is 11.3 Å². The van der Waals surface area contributed by atoms with E-state index in [1.54, 1.807) is 5.51 Å². The second kappa shape index (κ2) is 5.04. The summed E-state index contributed by atoms with van der Waals surface area (Å²) in [6, 6.07) is -0.262. The normalized spacial score (nSPS) is 20.1. The summed E-state index contributed by atoms with van der Waals surface area (Å²) in [6.45, 7) is 1.34. The molecular formula is C8H12N4O2S. The van der Waals surface area contributed by atoms with Crippen LogP contribution < -0.4 is 10.6 Å². The number of carbonyl (C=O) groups is 1. The van der Waals surface area contributed by atoms with Crippen LogP contribution >= 0.6 is 11.3 Å². The third-order valence-electron chi connectivity index (χ3n) is 2.09. The fourth-order valence-electron chi connectivity index (χ4n) is 1.38. The van der Waals surface area contributed by atoms with Gasteiger partial charge in [0.1, 0.15) is 5.51 Å². The molecule has 15 heavy (non-hydrogen) atoms. The van der Waals surface area contributed by atoms with Crippen molar-refractivity contribution in [3.63, 3.8) is 0 Å². The van der Waals surface area contributed by atoms with Crippen LogP contribution in [-0.2, 0) is 4.74 Å². The fourth-order valence-corrected chi connectivity index (χ4v) is 1.82. The van der Waals surface area contributed by atoms with Gasteiger partial charge in [0, 0.05) is 13.2 Å². The Bertz CT molecular complexity index is 310. The minimum absolute atomic E-state index is 0.158. The van der Waals surface area contributed by atoms with Gasteiger partial charge in [-0.2, -0.15) is 0 Å². The topological polar surface area (TPSA) is 76.1 Å².